The first kappa shape index (κ1) is 19.0. The van der Waals surface area contributed by atoms with Crippen molar-refractivity contribution >= 4 is 15.8 Å². The molecule has 0 aliphatic heterocycles. The highest BCUT2D eigenvalue weighted by molar-refractivity contribution is 7.89. The second kappa shape index (κ2) is 7.26. The number of esters is 1. The van der Waals surface area contributed by atoms with Crippen molar-refractivity contribution in [1.29, 1.82) is 0 Å². The van der Waals surface area contributed by atoms with Gasteiger partial charge in [0.2, 0.25) is 0 Å². The lowest BCUT2D eigenvalue weighted by Gasteiger charge is -2.08. The van der Waals surface area contributed by atoms with E-state index in [4.69, 9.17) is 4.74 Å². The van der Waals surface area contributed by atoms with Gasteiger partial charge in [0.15, 0.2) is 9.84 Å². The summed E-state index contributed by atoms with van der Waals surface area (Å²) < 4.78 is 64.8. The first-order valence-electron chi connectivity index (χ1n) is 7.14. The maximum Gasteiger partial charge on any atom is 0.416 e. The predicted octanol–water partition coefficient (Wildman–Crippen LogP) is 3.61. The van der Waals surface area contributed by atoms with Gasteiger partial charge < -0.3 is 4.74 Å². The van der Waals surface area contributed by atoms with E-state index in [1.807, 2.05) is 0 Å². The molecule has 0 unspecified atom stereocenters. The van der Waals surface area contributed by atoms with Crippen LogP contribution in [-0.4, -0.2) is 20.6 Å². The SMILES string of the molecule is CS(=O)(=O)Cc1ccc(C(=O)OCc2ccc(C(F)(F)F)cc2)cc1. The Balaban J connectivity index is 1.96. The Morgan fingerprint density at radius 1 is 0.960 bits per heavy atom. The van der Waals surface area contributed by atoms with Crippen LogP contribution in [0.1, 0.15) is 27.0 Å². The molecule has 2 aromatic carbocycles. The number of hydrogen-bond acceptors (Lipinski definition) is 4. The van der Waals surface area contributed by atoms with Crippen LogP contribution < -0.4 is 0 Å². The summed E-state index contributed by atoms with van der Waals surface area (Å²) in [5.74, 6) is -0.778. The second-order valence-electron chi connectivity index (χ2n) is 5.54. The molecule has 0 aromatic heterocycles. The number of halogens is 3. The Hall–Kier alpha value is -2.35. The van der Waals surface area contributed by atoms with E-state index in [2.05, 4.69) is 0 Å². The zero-order valence-corrected chi connectivity index (χ0v) is 14.0. The molecule has 8 heteroatoms. The molecule has 25 heavy (non-hydrogen) atoms. The Morgan fingerprint density at radius 3 is 1.96 bits per heavy atom. The third-order valence-electron chi connectivity index (χ3n) is 3.27. The van der Waals surface area contributed by atoms with Crippen LogP contribution in [0.5, 0.6) is 0 Å². The first-order chi connectivity index (χ1) is 11.5. The predicted molar refractivity (Wildman–Crippen MR) is 85.6 cm³/mol. The Labute approximate surface area is 143 Å². The number of carbonyl (C=O) groups excluding carboxylic acids is 1. The summed E-state index contributed by atoms with van der Waals surface area (Å²) in [7, 11) is -3.17. The molecule has 2 aromatic rings. The molecule has 0 atom stereocenters. The molecule has 0 bridgehead atoms. The normalized spacial score (nSPS) is 12.0. The number of hydrogen-bond donors (Lipinski definition) is 0. The van der Waals surface area contributed by atoms with E-state index in [9.17, 15) is 26.4 Å². The van der Waals surface area contributed by atoms with Gasteiger partial charge in [-0.25, -0.2) is 13.2 Å². The minimum Gasteiger partial charge on any atom is -0.457 e. The molecule has 0 spiro atoms. The van der Waals surface area contributed by atoms with Crippen molar-refractivity contribution in [3.05, 3.63) is 70.8 Å². The highest BCUT2D eigenvalue weighted by Crippen LogP contribution is 2.29. The molecule has 0 saturated heterocycles. The molecule has 0 amide bonds. The van der Waals surface area contributed by atoms with Crippen molar-refractivity contribution in [2.45, 2.75) is 18.5 Å². The van der Waals surface area contributed by atoms with Gasteiger partial charge in [-0.3, -0.25) is 0 Å². The average Bonchev–Trinajstić information content (AvgIpc) is 2.51. The van der Waals surface area contributed by atoms with Crippen LogP contribution in [0.3, 0.4) is 0 Å². The molecule has 134 valence electrons. The van der Waals surface area contributed by atoms with Crippen LogP contribution in [0.15, 0.2) is 48.5 Å². The Morgan fingerprint density at radius 2 is 1.48 bits per heavy atom. The van der Waals surface area contributed by atoms with Gasteiger partial charge >= 0.3 is 12.1 Å². The average molecular weight is 372 g/mol. The molecule has 2 rings (SSSR count). The van der Waals surface area contributed by atoms with E-state index in [0.717, 1.165) is 18.4 Å². The van der Waals surface area contributed by atoms with Crippen LogP contribution >= 0.6 is 0 Å². The van der Waals surface area contributed by atoms with E-state index >= 15 is 0 Å². The van der Waals surface area contributed by atoms with Crippen molar-refractivity contribution < 1.29 is 31.1 Å². The molecule has 0 aliphatic rings. The number of alkyl halides is 3. The van der Waals surface area contributed by atoms with Crippen molar-refractivity contribution in [3.8, 4) is 0 Å². The summed E-state index contributed by atoms with van der Waals surface area (Å²) in [5.41, 5.74) is 0.421. The van der Waals surface area contributed by atoms with E-state index in [1.165, 1.54) is 36.4 Å². The number of sulfone groups is 1. The fraction of sp³-hybridized carbons (Fsp3) is 0.235. The highest BCUT2D eigenvalue weighted by Gasteiger charge is 2.29. The molecule has 0 aliphatic carbocycles. The standard InChI is InChI=1S/C17H15F3O4S/c1-25(22,23)11-13-2-6-14(7-3-13)16(21)24-10-12-4-8-15(9-5-12)17(18,19)20/h2-9H,10-11H2,1H3. The van der Waals surface area contributed by atoms with Crippen molar-refractivity contribution in [2.75, 3.05) is 6.26 Å². The van der Waals surface area contributed by atoms with Crippen molar-refractivity contribution in [1.82, 2.24) is 0 Å². The van der Waals surface area contributed by atoms with Gasteiger partial charge in [0.25, 0.3) is 0 Å². The van der Waals surface area contributed by atoms with Crippen LogP contribution in [0, 0.1) is 0 Å². The Bertz CT molecular complexity index is 839. The van der Waals surface area contributed by atoms with Crippen molar-refractivity contribution in [2.24, 2.45) is 0 Å². The smallest absolute Gasteiger partial charge is 0.416 e. The molecule has 0 fully saturated rings. The highest BCUT2D eigenvalue weighted by atomic mass is 32.2. The molecular weight excluding hydrogens is 357 g/mol. The Kier molecular flexibility index (Phi) is 5.52. The lowest BCUT2D eigenvalue weighted by molar-refractivity contribution is -0.137. The van der Waals surface area contributed by atoms with Crippen LogP contribution in [0.25, 0.3) is 0 Å². The van der Waals surface area contributed by atoms with Gasteiger partial charge in [0, 0.05) is 6.26 Å². The maximum atomic E-state index is 12.5. The van der Waals surface area contributed by atoms with Gasteiger partial charge in [0.05, 0.1) is 16.9 Å². The first-order valence-corrected chi connectivity index (χ1v) is 9.20. The second-order valence-corrected chi connectivity index (χ2v) is 7.68. The zero-order chi connectivity index (χ0) is 18.7. The summed E-state index contributed by atoms with van der Waals surface area (Å²) in [5, 5.41) is 0. The minimum atomic E-state index is -4.41. The van der Waals surface area contributed by atoms with Gasteiger partial charge in [-0.2, -0.15) is 13.2 Å². The third-order valence-corrected chi connectivity index (χ3v) is 4.13. The molecule has 0 radical (unpaired) electrons. The lowest BCUT2D eigenvalue weighted by atomic mass is 10.1. The number of carbonyl (C=O) groups is 1. The fourth-order valence-electron chi connectivity index (χ4n) is 2.06. The molecule has 0 saturated carbocycles. The topological polar surface area (TPSA) is 60.4 Å². The molecule has 0 heterocycles. The summed E-state index contributed by atoms with van der Waals surface area (Å²) in [6, 6.07) is 10.2. The fourth-order valence-corrected chi connectivity index (χ4v) is 2.86. The maximum absolute atomic E-state index is 12.5. The van der Waals surface area contributed by atoms with E-state index in [-0.39, 0.29) is 17.9 Å². The van der Waals surface area contributed by atoms with E-state index in [0.29, 0.717) is 11.1 Å². The van der Waals surface area contributed by atoms with Crippen molar-refractivity contribution in [3.63, 3.8) is 0 Å². The molecule has 4 nitrogen and oxygen atoms in total. The number of benzene rings is 2. The summed E-state index contributed by atoms with van der Waals surface area (Å²) in [6.45, 7) is -0.165. The van der Waals surface area contributed by atoms with Gasteiger partial charge in [-0.15, -0.1) is 0 Å². The largest absolute Gasteiger partial charge is 0.457 e. The lowest BCUT2D eigenvalue weighted by Crippen LogP contribution is -2.07. The summed E-state index contributed by atoms with van der Waals surface area (Å²) in [6.07, 6.45) is -3.30. The van der Waals surface area contributed by atoms with Crippen LogP contribution in [0.4, 0.5) is 13.2 Å². The third kappa shape index (κ3) is 5.90. The number of ether oxygens (including phenoxy) is 1. The van der Waals surface area contributed by atoms with Gasteiger partial charge in [-0.1, -0.05) is 24.3 Å². The molecule has 0 N–H and O–H groups in total. The summed E-state index contributed by atoms with van der Waals surface area (Å²) >= 11 is 0. The quantitative estimate of drug-likeness (QED) is 0.753. The zero-order valence-electron chi connectivity index (χ0n) is 13.2. The van der Waals surface area contributed by atoms with Gasteiger partial charge in [0.1, 0.15) is 6.61 Å². The molecular formula is C17H15F3O4S. The van der Waals surface area contributed by atoms with Gasteiger partial charge in [-0.05, 0) is 35.4 Å². The van der Waals surface area contributed by atoms with Crippen LogP contribution in [-0.2, 0) is 33.1 Å². The van der Waals surface area contributed by atoms with Crippen LogP contribution in [0.2, 0.25) is 0 Å². The van der Waals surface area contributed by atoms with E-state index in [1.54, 1.807) is 0 Å². The minimum absolute atomic E-state index is 0.131. The summed E-state index contributed by atoms with van der Waals surface area (Å²) in [4.78, 5) is 11.9. The monoisotopic (exact) mass is 372 g/mol. The number of rotatable bonds is 5. The van der Waals surface area contributed by atoms with E-state index < -0.39 is 27.5 Å².